The van der Waals surface area contributed by atoms with E-state index in [0.717, 1.165) is 12.8 Å². The summed E-state index contributed by atoms with van der Waals surface area (Å²) in [5.74, 6) is 0.304. The Bertz CT molecular complexity index is 514. The van der Waals surface area contributed by atoms with Crippen LogP contribution in [0.2, 0.25) is 0 Å². The second-order valence-electron chi connectivity index (χ2n) is 4.91. The third-order valence-corrected chi connectivity index (χ3v) is 3.08. The third-order valence-electron chi connectivity index (χ3n) is 3.08. The number of para-hydroxylation sites is 1. The first-order valence-electron chi connectivity index (χ1n) is 7.82. The molecule has 9 heteroatoms. The lowest BCUT2D eigenvalue weighted by atomic mass is 10.2. The predicted molar refractivity (Wildman–Crippen MR) is 102 cm³/mol. The van der Waals surface area contributed by atoms with Gasteiger partial charge in [0, 0.05) is 38.9 Å². The number of unbranched alkanes of at least 4 members (excludes halogenated alkanes) is 1. The number of halogens is 4. The highest BCUT2D eigenvalue weighted by Gasteiger charge is 2.31. The quantitative estimate of drug-likeness (QED) is 0.248. The van der Waals surface area contributed by atoms with Crippen LogP contribution >= 0.6 is 24.0 Å². The molecule has 0 radical (unpaired) electrons. The maximum Gasteiger partial charge on any atom is 0.573 e. The first-order chi connectivity index (χ1) is 11.5. The van der Waals surface area contributed by atoms with Gasteiger partial charge in [0.25, 0.3) is 0 Å². The van der Waals surface area contributed by atoms with Crippen molar-refractivity contribution in [2.45, 2.75) is 32.7 Å². The van der Waals surface area contributed by atoms with E-state index in [2.05, 4.69) is 20.4 Å². The average molecular weight is 475 g/mol. The van der Waals surface area contributed by atoms with E-state index in [1.54, 1.807) is 19.2 Å². The number of rotatable bonds is 9. The summed E-state index contributed by atoms with van der Waals surface area (Å²) in [5, 5.41) is 6.08. The largest absolute Gasteiger partial charge is 0.573 e. The molecule has 0 saturated carbocycles. The van der Waals surface area contributed by atoms with Gasteiger partial charge in [-0.05, 0) is 25.8 Å². The summed E-state index contributed by atoms with van der Waals surface area (Å²) in [6.07, 6.45) is -2.87. The normalized spacial score (nSPS) is 11.6. The summed E-state index contributed by atoms with van der Waals surface area (Å²) < 4.78 is 46.4. The van der Waals surface area contributed by atoms with Gasteiger partial charge in [0.05, 0.1) is 0 Å². The first kappa shape index (κ1) is 23.8. The lowest BCUT2D eigenvalue weighted by Gasteiger charge is -2.15. The van der Waals surface area contributed by atoms with Crippen molar-refractivity contribution in [3.63, 3.8) is 0 Å². The molecule has 0 aliphatic rings. The molecule has 0 unspecified atom stereocenters. The lowest BCUT2D eigenvalue weighted by molar-refractivity contribution is -0.274. The number of benzene rings is 1. The van der Waals surface area contributed by atoms with Gasteiger partial charge >= 0.3 is 6.36 Å². The number of guanidine groups is 1. The Labute approximate surface area is 163 Å². The molecule has 0 atom stereocenters. The molecule has 5 nitrogen and oxygen atoms in total. The second kappa shape index (κ2) is 13.0. The molecule has 1 aromatic carbocycles. The number of hydrogen-bond donors (Lipinski definition) is 2. The molecule has 0 aliphatic carbocycles. The van der Waals surface area contributed by atoms with Gasteiger partial charge in [-0.15, -0.1) is 37.1 Å². The molecule has 0 saturated heterocycles. The summed E-state index contributed by atoms with van der Waals surface area (Å²) in [5.41, 5.74) is 0.397. The number of nitrogens with zero attached hydrogens (tertiary/aromatic N) is 1. The molecule has 0 amide bonds. The molecule has 2 N–H and O–H groups in total. The van der Waals surface area contributed by atoms with Crippen LogP contribution in [0.5, 0.6) is 5.75 Å². The Morgan fingerprint density at radius 1 is 1.16 bits per heavy atom. The highest BCUT2D eigenvalue weighted by atomic mass is 127. The molecule has 1 aromatic rings. The van der Waals surface area contributed by atoms with Gasteiger partial charge < -0.3 is 20.1 Å². The summed E-state index contributed by atoms with van der Waals surface area (Å²) in [4.78, 5) is 4.04. The van der Waals surface area contributed by atoms with Crippen molar-refractivity contribution in [3.05, 3.63) is 29.8 Å². The Balaban J connectivity index is 0.00000576. The van der Waals surface area contributed by atoms with E-state index in [0.29, 0.717) is 31.3 Å². The van der Waals surface area contributed by atoms with E-state index in [-0.39, 0.29) is 36.3 Å². The highest BCUT2D eigenvalue weighted by molar-refractivity contribution is 14.0. The topological polar surface area (TPSA) is 54.9 Å². The molecular weight excluding hydrogens is 450 g/mol. The van der Waals surface area contributed by atoms with E-state index in [9.17, 15) is 13.2 Å². The van der Waals surface area contributed by atoms with E-state index in [1.807, 2.05) is 6.92 Å². The van der Waals surface area contributed by atoms with Crippen molar-refractivity contribution in [2.24, 2.45) is 4.99 Å². The van der Waals surface area contributed by atoms with Gasteiger partial charge in [-0.25, -0.2) is 0 Å². The van der Waals surface area contributed by atoms with Crippen LogP contribution in [0.25, 0.3) is 0 Å². The van der Waals surface area contributed by atoms with Crippen LogP contribution in [0, 0.1) is 0 Å². The Hall–Kier alpha value is -1.23. The maximum absolute atomic E-state index is 12.4. The Morgan fingerprint density at radius 3 is 2.52 bits per heavy atom. The van der Waals surface area contributed by atoms with Crippen LogP contribution < -0.4 is 15.4 Å². The number of aliphatic imine (C=N–C) groups is 1. The fraction of sp³-hybridized carbons (Fsp3) is 0.562. The van der Waals surface area contributed by atoms with Crippen molar-refractivity contribution in [3.8, 4) is 5.75 Å². The monoisotopic (exact) mass is 475 g/mol. The lowest BCUT2D eigenvalue weighted by Crippen LogP contribution is -2.37. The maximum atomic E-state index is 12.4. The summed E-state index contributed by atoms with van der Waals surface area (Å²) in [6, 6.07) is 6.01. The Kier molecular flexibility index (Phi) is 12.4. The van der Waals surface area contributed by atoms with Crippen molar-refractivity contribution in [1.29, 1.82) is 0 Å². The number of ether oxygens (including phenoxy) is 2. The standard InChI is InChI=1S/C16H24F3N3O2.HI/c1-3-23-11-7-6-10-21-15(20-2)22-12-13-8-4-5-9-14(13)24-16(17,18)19;/h4-5,8-9H,3,6-7,10-12H2,1-2H3,(H2,20,21,22);1H. The van der Waals surface area contributed by atoms with Gasteiger partial charge in [0.15, 0.2) is 5.96 Å². The van der Waals surface area contributed by atoms with E-state index in [1.165, 1.54) is 12.1 Å². The van der Waals surface area contributed by atoms with Gasteiger partial charge in [0.2, 0.25) is 0 Å². The zero-order valence-electron chi connectivity index (χ0n) is 14.4. The van der Waals surface area contributed by atoms with Crippen LogP contribution in [0.15, 0.2) is 29.3 Å². The minimum Gasteiger partial charge on any atom is -0.405 e. The van der Waals surface area contributed by atoms with E-state index < -0.39 is 6.36 Å². The van der Waals surface area contributed by atoms with Gasteiger partial charge in [0.1, 0.15) is 5.75 Å². The summed E-state index contributed by atoms with van der Waals surface area (Å²) in [6.45, 7) is 4.24. The van der Waals surface area contributed by atoms with Gasteiger partial charge in [-0.2, -0.15) is 0 Å². The molecular formula is C16H25F3IN3O2. The Morgan fingerprint density at radius 2 is 1.88 bits per heavy atom. The third kappa shape index (κ3) is 11.1. The molecule has 0 spiro atoms. The zero-order valence-corrected chi connectivity index (χ0v) is 16.7. The van der Waals surface area contributed by atoms with Crippen LogP contribution in [0.1, 0.15) is 25.3 Å². The SMILES string of the molecule is CCOCCCCNC(=NC)NCc1ccccc1OC(F)(F)F.I. The van der Waals surface area contributed by atoms with E-state index >= 15 is 0 Å². The van der Waals surface area contributed by atoms with Crippen molar-refractivity contribution >= 4 is 29.9 Å². The van der Waals surface area contributed by atoms with Crippen molar-refractivity contribution < 1.29 is 22.6 Å². The summed E-state index contributed by atoms with van der Waals surface area (Å²) >= 11 is 0. The zero-order chi connectivity index (χ0) is 17.8. The van der Waals surface area contributed by atoms with E-state index in [4.69, 9.17) is 4.74 Å². The van der Waals surface area contributed by atoms with Crippen LogP contribution in [-0.4, -0.2) is 39.1 Å². The van der Waals surface area contributed by atoms with Crippen LogP contribution in [0.3, 0.4) is 0 Å². The predicted octanol–water partition coefficient (Wildman–Crippen LogP) is 3.68. The van der Waals surface area contributed by atoms with Gasteiger partial charge in [-0.1, -0.05) is 18.2 Å². The molecule has 0 bridgehead atoms. The smallest absolute Gasteiger partial charge is 0.405 e. The number of alkyl halides is 3. The molecule has 0 fully saturated rings. The first-order valence-corrected chi connectivity index (χ1v) is 7.82. The van der Waals surface area contributed by atoms with Crippen LogP contribution in [-0.2, 0) is 11.3 Å². The summed E-state index contributed by atoms with van der Waals surface area (Å²) in [7, 11) is 1.60. The minimum absolute atomic E-state index is 0. The molecule has 144 valence electrons. The highest BCUT2D eigenvalue weighted by Crippen LogP contribution is 2.25. The van der Waals surface area contributed by atoms with Crippen molar-refractivity contribution in [1.82, 2.24) is 10.6 Å². The fourth-order valence-electron chi connectivity index (χ4n) is 1.95. The number of nitrogens with one attached hydrogen (secondary N) is 2. The molecule has 0 aliphatic heterocycles. The second-order valence-corrected chi connectivity index (χ2v) is 4.91. The molecule has 1 rings (SSSR count). The van der Waals surface area contributed by atoms with Crippen molar-refractivity contribution in [2.75, 3.05) is 26.8 Å². The number of hydrogen-bond acceptors (Lipinski definition) is 3. The molecule has 25 heavy (non-hydrogen) atoms. The molecule has 0 heterocycles. The fourth-order valence-corrected chi connectivity index (χ4v) is 1.95. The molecule has 0 aromatic heterocycles. The van der Waals surface area contributed by atoms with Crippen LogP contribution in [0.4, 0.5) is 13.2 Å². The average Bonchev–Trinajstić information content (AvgIpc) is 2.53. The minimum atomic E-state index is -4.71. The van der Waals surface area contributed by atoms with Gasteiger partial charge in [-0.3, -0.25) is 4.99 Å².